The Morgan fingerprint density at radius 2 is 1.97 bits per heavy atom. The van der Waals surface area contributed by atoms with Crippen LogP contribution >= 0.6 is 23.1 Å². The molecular weight excluding hydrogens is 427 g/mol. The number of carbonyl (C=O) groups excluding carboxylic acids is 2. The van der Waals surface area contributed by atoms with Crippen LogP contribution in [-0.2, 0) is 9.53 Å². The minimum absolute atomic E-state index is 0.106. The lowest BCUT2D eigenvalue weighted by Gasteiger charge is -2.11. The molecule has 0 unspecified atom stereocenters. The van der Waals surface area contributed by atoms with Gasteiger partial charge in [0.15, 0.2) is 5.16 Å². The number of esters is 1. The minimum Gasteiger partial charge on any atom is -0.465 e. The van der Waals surface area contributed by atoms with Crippen LogP contribution in [-0.4, -0.2) is 39.5 Å². The van der Waals surface area contributed by atoms with Crippen LogP contribution in [0.2, 0.25) is 0 Å². The fourth-order valence-corrected chi connectivity index (χ4v) is 4.82. The molecule has 1 N–H and O–H groups in total. The van der Waals surface area contributed by atoms with Crippen molar-refractivity contribution in [1.29, 1.82) is 0 Å². The van der Waals surface area contributed by atoms with Crippen LogP contribution in [0, 0.1) is 12.7 Å². The maximum absolute atomic E-state index is 13.2. The maximum Gasteiger partial charge on any atom is 0.341 e. The molecule has 7 nitrogen and oxygen atoms in total. The van der Waals surface area contributed by atoms with E-state index >= 15 is 0 Å². The minimum atomic E-state index is -0.575. The van der Waals surface area contributed by atoms with E-state index in [2.05, 4.69) is 15.5 Å². The summed E-state index contributed by atoms with van der Waals surface area (Å²) < 4.78 is 20.1. The number of carbonyl (C=O) groups is 2. The van der Waals surface area contributed by atoms with Crippen LogP contribution in [0.1, 0.15) is 36.1 Å². The second kappa shape index (κ2) is 9.40. The van der Waals surface area contributed by atoms with E-state index in [1.807, 2.05) is 25.3 Å². The number of amides is 1. The molecule has 3 aromatic rings. The summed E-state index contributed by atoms with van der Waals surface area (Å²) in [5.74, 6) is -0.344. The molecule has 0 bridgehead atoms. The van der Waals surface area contributed by atoms with Crippen molar-refractivity contribution in [3.05, 3.63) is 46.9 Å². The summed E-state index contributed by atoms with van der Waals surface area (Å²) in [5, 5.41) is 13.7. The van der Waals surface area contributed by atoms with Crippen molar-refractivity contribution in [2.75, 3.05) is 18.2 Å². The second-order valence-corrected chi connectivity index (χ2v) is 8.50. The molecule has 0 aliphatic heterocycles. The van der Waals surface area contributed by atoms with Gasteiger partial charge in [-0.05, 0) is 38.5 Å². The molecule has 2 aromatic heterocycles. The van der Waals surface area contributed by atoms with Crippen LogP contribution < -0.4 is 5.32 Å². The van der Waals surface area contributed by atoms with Crippen molar-refractivity contribution in [2.45, 2.75) is 32.0 Å². The first-order chi connectivity index (χ1) is 14.3. The Bertz CT molecular complexity index is 1060. The second-order valence-electron chi connectivity index (χ2n) is 6.68. The number of anilines is 1. The highest BCUT2D eigenvalue weighted by Gasteiger charge is 2.23. The summed E-state index contributed by atoms with van der Waals surface area (Å²) in [6.45, 7) is 5.90. The quantitative estimate of drug-likeness (QED) is 0.421. The Labute approximate surface area is 181 Å². The highest BCUT2D eigenvalue weighted by Crippen LogP contribution is 2.36. The maximum atomic E-state index is 13.2. The smallest absolute Gasteiger partial charge is 0.341 e. The number of aromatic nitrogens is 3. The molecule has 30 heavy (non-hydrogen) atoms. The lowest BCUT2D eigenvalue weighted by molar-refractivity contribution is -0.113. The largest absolute Gasteiger partial charge is 0.465 e. The molecule has 1 amide bonds. The van der Waals surface area contributed by atoms with Crippen molar-refractivity contribution in [3.63, 3.8) is 0 Å². The van der Waals surface area contributed by atoms with Gasteiger partial charge in [-0.2, -0.15) is 0 Å². The molecule has 1 aromatic carbocycles. The number of rotatable bonds is 7. The summed E-state index contributed by atoms with van der Waals surface area (Å²) in [6.07, 6.45) is 0. The van der Waals surface area contributed by atoms with Crippen LogP contribution in [0.3, 0.4) is 0 Å². The first kappa shape index (κ1) is 22.0. The van der Waals surface area contributed by atoms with Crippen molar-refractivity contribution in [2.24, 2.45) is 0 Å². The zero-order valence-electron chi connectivity index (χ0n) is 16.9. The van der Waals surface area contributed by atoms with Gasteiger partial charge >= 0.3 is 5.97 Å². The molecular formula is C20H21FN4O3S2. The average molecular weight is 449 g/mol. The van der Waals surface area contributed by atoms with Gasteiger partial charge in [-0.25, -0.2) is 9.18 Å². The van der Waals surface area contributed by atoms with Crippen molar-refractivity contribution in [1.82, 2.24) is 14.8 Å². The van der Waals surface area contributed by atoms with Crippen LogP contribution in [0.5, 0.6) is 0 Å². The zero-order valence-corrected chi connectivity index (χ0v) is 18.6. The summed E-state index contributed by atoms with van der Waals surface area (Å²) >= 11 is 2.48. The fourth-order valence-electron chi connectivity index (χ4n) is 2.93. The van der Waals surface area contributed by atoms with Gasteiger partial charge in [0, 0.05) is 17.0 Å². The van der Waals surface area contributed by atoms with Crippen molar-refractivity contribution < 1.29 is 18.7 Å². The Kier molecular flexibility index (Phi) is 6.88. The third-order valence-corrected chi connectivity index (χ3v) is 6.11. The molecule has 0 aliphatic carbocycles. The van der Waals surface area contributed by atoms with E-state index in [0.717, 1.165) is 5.82 Å². The highest BCUT2D eigenvalue weighted by atomic mass is 32.2. The van der Waals surface area contributed by atoms with Gasteiger partial charge in [0.1, 0.15) is 22.2 Å². The van der Waals surface area contributed by atoms with E-state index in [0.29, 0.717) is 21.3 Å². The molecule has 0 saturated carbocycles. The number of halogens is 1. The summed E-state index contributed by atoms with van der Waals surface area (Å²) in [4.78, 5) is 24.9. The third-order valence-electron chi connectivity index (χ3n) is 4.27. The summed E-state index contributed by atoms with van der Waals surface area (Å²) in [5.41, 5.74) is 1.47. The Hall–Kier alpha value is -2.72. The van der Waals surface area contributed by atoms with Crippen LogP contribution in [0.4, 0.5) is 9.39 Å². The molecule has 2 heterocycles. The monoisotopic (exact) mass is 448 g/mol. The highest BCUT2D eigenvalue weighted by molar-refractivity contribution is 7.99. The number of nitrogens with zero attached hydrogens (tertiary/aromatic N) is 3. The standard InChI is InChI=1S/C20H21FN4O3S2/c1-11(2)25-12(3)23-24-20(25)30-10-16(26)22-18-17(19(27)28-4)15(9-29-18)13-5-7-14(21)8-6-13/h5-9,11H,10H2,1-4H3,(H,22,26). The molecule has 0 spiro atoms. The lowest BCUT2D eigenvalue weighted by atomic mass is 10.0. The van der Waals surface area contributed by atoms with Gasteiger partial charge < -0.3 is 14.6 Å². The van der Waals surface area contributed by atoms with Gasteiger partial charge in [-0.1, -0.05) is 23.9 Å². The first-order valence-electron chi connectivity index (χ1n) is 9.11. The number of ether oxygens (including phenoxy) is 1. The predicted molar refractivity (Wildman–Crippen MR) is 116 cm³/mol. The van der Waals surface area contributed by atoms with Gasteiger partial charge in [-0.3, -0.25) is 4.79 Å². The Morgan fingerprint density at radius 3 is 2.60 bits per heavy atom. The van der Waals surface area contributed by atoms with Crippen molar-refractivity contribution >= 4 is 40.0 Å². The Morgan fingerprint density at radius 1 is 1.27 bits per heavy atom. The molecule has 10 heteroatoms. The number of benzene rings is 1. The first-order valence-corrected chi connectivity index (χ1v) is 11.0. The lowest BCUT2D eigenvalue weighted by Crippen LogP contribution is -2.16. The predicted octanol–water partition coefficient (Wildman–Crippen LogP) is 4.55. The number of hydrogen-bond acceptors (Lipinski definition) is 7. The molecule has 0 atom stereocenters. The van der Waals surface area contributed by atoms with Gasteiger partial charge in [0.05, 0.1) is 12.9 Å². The van der Waals surface area contributed by atoms with Gasteiger partial charge in [-0.15, -0.1) is 21.5 Å². The van der Waals surface area contributed by atoms with E-state index < -0.39 is 5.97 Å². The average Bonchev–Trinajstić information content (AvgIpc) is 3.29. The van der Waals surface area contributed by atoms with Crippen molar-refractivity contribution in [3.8, 4) is 11.1 Å². The normalized spacial score (nSPS) is 11.0. The van der Waals surface area contributed by atoms with Crippen LogP contribution in [0.25, 0.3) is 11.1 Å². The topological polar surface area (TPSA) is 86.1 Å². The summed E-state index contributed by atoms with van der Waals surface area (Å²) in [7, 11) is 1.27. The molecule has 0 saturated heterocycles. The number of thiophene rings is 1. The van der Waals surface area contributed by atoms with E-state index in [1.165, 1.54) is 42.3 Å². The molecule has 0 radical (unpaired) electrons. The van der Waals surface area contributed by atoms with Gasteiger partial charge in [0.25, 0.3) is 0 Å². The van der Waals surface area contributed by atoms with E-state index in [1.54, 1.807) is 17.5 Å². The number of nitrogens with one attached hydrogen (secondary N) is 1. The summed E-state index contributed by atoms with van der Waals surface area (Å²) in [6, 6.07) is 5.96. The van der Waals surface area contributed by atoms with E-state index in [9.17, 15) is 14.0 Å². The third kappa shape index (κ3) is 4.71. The Balaban J connectivity index is 1.78. The number of hydrogen-bond donors (Lipinski definition) is 1. The SMILES string of the molecule is COC(=O)c1c(-c2ccc(F)cc2)csc1NC(=O)CSc1nnc(C)n1C(C)C. The molecule has 158 valence electrons. The van der Waals surface area contributed by atoms with E-state index in [4.69, 9.17) is 4.74 Å². The van der Waals surface area contributed by atoms with E-state index in [-0.39, 0.29) is 29.1 Å². The van der Waals surface area contributed by atoms with Crippen LogP contribution in [0.15, 0.2) is 34.8 Å². The fraction of sp³-hybridized carbons (Fsp3) is 0.300. The molecule has 0 fully saturated rings. The number of aryl methyl sites for hydroxylation is 1. The molecule has 3 rings (SSSR count). The zero-order chi connectivity index (χ0) is 21.8. The number of methoxy groups -OCH3 is 1. The number of thioether (sulfide) groups is 1. The molecule has 0 aliphatic rings. The van der Waals surface area contributed by atoms with Gasteiger partial charge in [0.2, 0.25) is 5.91 Å².